The molecular formula is C12H11ClN2O2. The molecule has 1 aromatic carbocycles. The number of halogens is 1. The van der Waals surface area contributed by atoms with Crippen LogP contribution < -0.4 is 11.2 Å². The molecule has 2 aromatic rings. The first-order chi connectivity index (χ1) is 8.02. The summed E-state index contributed by atoms with van der Waals surface area (Å²) < 4.78 is 1.01. The van der Waals surface area contributed by atoms with Gasteiger partial charge >= 0.3 is 5.69 Å². The van der Waals surface area contributed by atoms with Crippen LogP contribution in [0.1, 0.15) is 5.56 Å². The Kier molecular flexibility index (Phi) is 2.90. The summed E-state index contributed by atoms with van der Waals surface area (Å²) in [6, 6.07) is 7.39. The normalized spacial score (nSPS) is 10.5. The average Bonchev–Trinajstić information content (AvgIpc) is 2.29. The predicted octanol–water partition coefficient (Wildman–Crippen LogP) is 1.70. The predicted molar refractivity (Wildman–Crippen MR) is 67.5 cm³/mol. The zero-order chi connectivity index (χ0) is 12.6. The molecule has 0 fully saturated rings. The quantitative estimate of drug-likeness (QED) is 0.784. The SMILES string of the molecule is Cc1ccccc1-c1c(Cl)[nH]c(=O)n(C)c1=O. The number of aryl methyl sites for hydroxylation is 1. The van der Waals surface area contributed by atoms with Gasteiger partial charge in [0.25, 0.3) is 5.56 Å². The summed E-state index contributed by atoms with van der Waals surface area (Å²) in [6.45, 7) is 1.89. The van der Waals surface area contributed by atoms with Crippen molar-refractivity contribution in [2.45, 2.75) is 6.92 Å². The van der Waals surface area contributed by atoms with Crippen molar-refractivity contribution in [3.63, 3.8) is 0 Å². The molecule has 0 aliphatic rings. The largest absolute Gasteiger partial charge is 0.329 e. The molecule has 0 radical (unpaired) electrons. The van der Waals surface area contributed by atoms with Crippen LogP contribution >= 0.6 is 11.6 Å². The molecule has 1 N–H and O–H groups in total. The second-order valence-corrected chi connectivity index (χ2v) is 4.18. The summed E-state index contributed by atoms with van der Waals surface area (Å²) in [6.07, 6.45) is 0. The number of H-pyrrole nitrogens is 1. The first kappa shape index (κ1) is 11.7. The van der Waals surface area contributed by atoms with Crippen molar-refractivity contribution in [2.24, 2.45) is 7.05 Å². The number of aromatic amines is 1. The smallest absolute Gasteiger partial charge is 0.297 e. The summed E-state index contributed by atoms with van der Waals surface area (Å²) >= 11 is 5.94. The average molecular weight is 251 g/mol. The molecule has 88 valence electrons. The van der Waals surface area contributed by atoms with Crippen LogP contribution in [0.25, 0.3) is 11.1 Å². The van der Waals surface area contributed by atoms with Gasteiger partial charge in [0, 0.05) is 7.05 Å². The first-order valence-electron chi connectivity index (χ1n) is 5.07. The molecule has 5 heteroatoms. The molecule has 4 nitrogen and oxygen atoms in total. The highest BCUT2D eigenvalue weighted by molar-refractivity contribution is 6.32. The third-order valence-corrected chi connectivity index (χ3v) is 2.96. The molecule has 0 aliphatic carbocycles. The van der Waals surface area contributed by atoms with Gasteiger partial charge in [-0.05, 0) is 18.1 Å². The molecule has 17 heavy (non-hydrogen) atoms. The third kappa shape index (κ3) is 1.91. The fraction of sp³-hybridized carbons (Fsp3) is 0.167. The summed E-state index contributed by atoms with van der Waals surface area (Å²) in [7, 11) is 1.42. The van der Waals surface area contributed by atoms with Gasteiger partial charge in [0.1, 0.15) is 5.15 Å². The van der Waals surface area contributed by atoms with Crippen molar-refractivity contribution in [2.75, 3.05) is 0 Å². The first-order valence-corrected chi connectivity index (χ1v) is 5.45. The van der Waals surface area contributed by atoms with E-state index in [1.165, 1.54) is 7.05 Å². The maximum absolute atomic E-state index is 12.0. The lowest BCUT2D eigenvalue weighted by molar-refractivity contribution is 0.778. The molecule has 2 rings (SSSR count). The fourth-order valence-electron chi connectivity index (χ4n) is 1.68. The Bertz CT molecular complexity index is 686. The number of hydrogen-bond acceptors (Lipinski definition) is 2. The van der Waals surface area contributed by atoms with Crippen LogP contribution in [0.3, 0.4) is 0 Å². The minimum absolute atomic E-state index is 0.0763. The Balaban J connectivity index is 2.87. The Labute approximate surface area is 102 Å². The lowest BCUT2D eigenvalue weighted by Gasteiger charge is -2.08. The van der Waals surface area contributed by atoms with E-state index in [1.807, 2.05) is 25.1 Å². The highest BCUT2D eigenvalue weighted by Gasteiger charge is 2.13. The molecule has 0 aliphatic heterocycles. The number of benzene rings is 1. The summed E-state index contributed by atoms with van der Waals surface area (Å²) in [4.78, 5) is 25.8. The second kappa shape index (κ2) is 4.22. The van der Waals surface area contributed by atoms with E-state index in [0.717, 1.165) is 15.7 Å². The number of nitrogens with zero attached hydrogens (tertiary/aromatic N) is 1. The molecule has 1 aromatic heterocycles. The Hall–Kier alpha value is -1.81. The van der Waals surface area contributed by atoms with E-state index in [4.69, 9.17) is 11.6 Å². The molecule has 0 amide bonds. The summed E-state index contributed by atoms with van der Waals surface area (Å²) in [5, 5.41) is 0.0763. The van der Waals surface area contributed by atoms with Gasteiger partial charge in [-0.1, -0.05) is 35.9 Å². The van der Waals surface area contributed by atoms with Crippen molar-refractivity contribution in [1.82, 2.24) is 9.55 Å². The molecular weight excluding hydrogens is 240 g/mol. The highest BCUT2D eigenvalue weighted by atomic mass is 35.5. The van der Waals surface area contributed by atoms with Crippen LogP contribution in [0.15, 0.2) is 33.9 Å². The van der Waals surface area contributed by atoms with Gasteiger partial charge in [0.2, 0.25) is 0 Å². The van der Waals surface area contributed by atoms with Gasteiger partial charge in [0.05, 0.1) is 5.56 Å². The zero-order valence-corrected chi connectivity index (χ0v) is 10.2. The van der Waals surface area contributed by atoms with Gasteiger partial charge < -0.3 is 0 Å². The lowest BCUT2D eigenvalue weighted by Crippen LogP contribution is -2.33. The molecule has 0 spiro atoms. The minimum Gasteiger partial charge on any atom is -0.297 e. The lowest BCUT2D eigenvalue weighted by atomic mass is 10.0. The Morgan fingerprint density at radius 1 is 1.24 bits per heavy atom. The van der Waals surface area contributed by atoms with Gasteiger partial charge in [0.15, 0.2) is 0 Å². The molecule has 0 saturated carbocycles. The third-order valence-electron chi connectivity index (χ3n) is 2.67. The standard InChI is InChI=1S/C12H11ClN2O2/c1-7-5-3-4-6-8(7)9-10(13)14-12(17)15(2)11(9)16/h3-6H,1-2H3,(H,14,17). The summed E-state index contributed by atoms with van der Waals surface area (Å²) in [5.41, 5.74) is 1.07. The molecule has 0 saturated heterocycles. The molecule has 0 atom stereocenters. The van der Waals surface area contributed by atoms with E-state index in [9.17, 15) is 9.59 Å². The minimum atomic E-state index is -0.516. The van der Waals surface area contributed by atoms with Crippen molar-refractivity contribution in [3.05, 3.63) is 55.8 Å². The monoisotopic (exact) mass is 250 g/mol. The van der Waals surface area contributed by atoms with E-state index in [2.05, 4.69) is 4.98 Å². The second-order valence-electron chi connectivity index (χ2n) is 3.80. The topological polar surface area (TPSA) is 54.9 Å². The van der Waals surface area contributed by atoms with E-state index >= 15 is 0 Å². The summed E-state index contributed by atoms with van der Waals surface area (Å²) in [5.74, 6) is 0. The number of nitrogens with one attached hydrogen (secondary N) is 1. The molecule has 0 unspecified atom stereocenters. The van der Waals surface area contributed by atoms with Crippen LogP contribution in [0.5, 0.6) is 0 Å². The molecule has 1 heterocycles. The van der Waals surface area contributed by atoms with Crippen molar-refractivity contribution >= 4 is 11.6 Å². The maximum atomic E-state index is 12.0. The highest BCUT2D eigenvalue weighted by Crippen LogP contribution is 2.24. The van der Waals surface area contributed by atoms with Crippen molar-refractivity contribution in [3.8, 4) is 11.1 Å². The fourth-order valence-corrected chi connectivity index (χ4v) is 1.94. The van der Waals surface area contributed by atoms with Gasteiger partial charge in [-0.25, -0.2) is 4.79 Å². The van der Waals surface area contributed by atoms with Crippen LogP contribution in [-0.4, -0.2) is 9.55 Å². The van der Waals surface area contributed by atoms with Crippen LogP contribution in [0.4, 0.5) is 0 Å². The van der Waals surface area contributed by atoms with E-state index < -0.39 is 11.2 Å². The van der Waals surface area contributed by atoms with Crippen LogP contribution in [0, 0.1) is 6.92 Å². The number of rotatable bonds is 1. The van der Waals surface area contributed by atoms with Crippen LogP contribution in [0.2, 0.25) is 5.15 Å². The van der Waals surface area contributed by atoms with Crippen molar-refractivity contribution < 1.29 is 0 Å². The van der Waals surface area contributed by atoms with Crippen LogP contribution in [-0.2, 0) is 7.05 Å². The van der Waals surface area contributed by atoms with E-state index in [1.54, 1.807) is 6.07 Å². The van der Waals surface area contributed by atoms with Gasteiger partial charge in [-0.15, -0.1) is 0 Å². The number of aromatic nitrogens is 2. The van der Waals surface area contributed by atoms with Crippen molar-refractivity contribution in [1.29, 1.82) is 0 Å². The van der Waals surface area contributed by atoms with E-state index in [0.29, 0.717) is 5.56 Å². The van der Waals surface area contributed by atoms with Gasteiger partial charge in [-0.3, -0.25) is 14.3 Å². The van der Waals surface area contributed by atoms with Gasteiger partial charge in [-0.2, -0.15) is 0 Å². The molecule has 0 bridgehead atoms. The Morgan fingerprint density at radius 3 is 2.53 bits per heavy atom. The maximum Gasteiger partial charge on any atom is 0.329 e. The number of hydrogen-bond donors (Lipinski definition) is 1. The zero-order valence-electron chi connectivity index (χ0n) is 9.45. The Morgan fingerprint density at radius 2 is 1.88 bits per heavy atom. The van der Waals surface area contributed by atoms with E-state index in [-0.39, 0.29) is 5.15 Å².